The van der Waals surface area contributed by atoms with E-state index in [0.29, 0.717) is 5.82 Å². The number of benzene rings is 1. The maximum atomic E-state index is 12.1. The van der Waals surface area contributed by atoms with Gasteiger partial charge < -0.3 is 11.1 Å². The largest absolute Gasteiger partial charge is 0.352 e. The molecule has 0 bridgehead atoms. The van der Waals surface area contributed by atoms with Gasteiger partial charge in [-0.3, -0.25) is 4.79 Å². The van der Waals surface area contributed by atoms with Crippen LogP contribution in [0.15, 0.2) is 30.3 Å². The zero-order valence-corrected chi connectivity index (χ0v) is 14.8. The highest BCUT2D eigenvalue weighted by Gasteiger charge is 2.27. The smallest absolute Gasteiger partial charge is 0.237 e. The molecule has 3 rings (SSSR count). The van der Waals surface area contributed by atoms with Gasteiger partial charge in [-0.2, -0.15) is 4.80 Å². The summed E-state index contributed by atoms with van der Waals surface area (Å²) in [6.45, 7) is 3.92. The van der Waals surface area contributed by atoms with Gasteiger partial charge in [0.05, 0.1) is 12.1 Å². The third kappa shape index (κ3) is 4.22. The van der Waals surface area contributed by atoms with Gasteiger partial charge in [0, 0.05) is 11.6 Å². The number of carbonyl (C=O) groups excluding carboxylic acids is 1. The van der Waals surface area contributed by atoms with Crippen LogP contribution in [0.2, 0.25) is 0 Å². The Kier molecular flexibility index (Phi) is 5.43. The average Bonchev–Trinajstić information content (AvgIpc) is 3.12. The van der Waals surface area contributed by atoms with Crippen LogP contribution in [0.4, 0.5) is 0 Å². The number of rotatable bonds is 5. The van der Waals surface area contributed by atoms with Gasteiger partial charge in [-0.1, -0.05) is 44.2 Å². The minimum absolute atomic E-state index is 0.0521. The maximum absolute atomic E-state index is 12.1. The lowest BCUT2D eigenvalue weighted by atomic mass is 9.91. The Morgan fingerprint density at radius 3 is 2.52 bits per heavy atom. The third-order valence-electron chi connectivity index (χ3n) is 4.85. The Morgan fingerprint density at radius 1 is 1.20 bits per heavy atom. The van der Waals surface area contributed by atoms with Crippen molar-refractivity contribution in [2.75, 3.05) is 0 Å². The molecule has 1 aromatic carbocycles. The highest BCUT2D eigenvalue weighted by Crippen LogP contribution is 2.28. The summed E-state index contributed by atoms with van der Waals surface area (Å²) in [5.74, 6) is 0.745. The van der Waals surface area contributed by atoms with Crippen molar-refractivity contribution in [3.8, 4) is 11.4 Å². The van der Waals surface area contributed by atoms with Gasteiger partial charge in [0.1, 0.15) is 0 Å². The molecule has 1 aliphatic rings. The molecule has 2 aromatic rings. The van der Waals surface area contributed by atoms with Gasteiger partial charge in [-0.05, 0) is 36.8 Å². The van der Waals surface area contributed by atoms with E-state index in [1.807, 2.05) is 44.2 Å². The van der Waals surface area contributed by atoms with Crippen molar-refractivity contribution in [2.24, 2.45) is 11.7 Å². The molecular formula is C18H26N6O. The molecule has 3 N–H and O–H groups in total. The monoisotopic (exact) mass is 342 g/mol. The number of amides is 1. The normalized spacial score (nSPS) is 21.9. The molecule has 0 aliphatic heterocycles. The van der Waals surface area contributed by atoms with E-state index in [2.05, 4.69) is 20.7 Å². The molecule has 0 saturated heterocycles. The number of nitrogens with two attached hydrogens (primary N) is 1. The van der Waals surface area contributed by atoms with Gasteiger partial charge in [-0.25, -0.2) is 0 Å². The molecular weight excluding hydrogens is 316 g/mol. The Morgan fingerprint density at radius 2 is 1.88 bits per heavy atom. The molecule has 1 fully saturated rings. The van der Waals surface area contributed by atoms with E-state index >= 15 is 0 Å². The molecule has 1 atom stereocenters. The van der Waals surface area contributed by atoms with Crippen LogP contribution < -0.4 is 11.1 Å². The summed E-state index contributed by atoms with van der Waals surface area (Å²) in [5, 5.41) is 16.0. The van der Waals surface area contributed by atoms with E-state index < -0.39 is 6.04 Å². The van der Waals surface area contributed by atoms with Crippen molar-refractivity contribution in [1.29, 1.82) is 0 Å². The van der Waals surface area contributed by atoms with Crippen LogP contribution in [-0.4, -0.2) is 38.2 Å². The topological polar surface area (TPSA) is 98.7 Å². The van der Waals surface area contributed by atoms with Crippen molar-refractivity contribution < 1.29 is 4.79 Å². The lowest BCUT2D eigenvalue weighted by Crippen LogP contribution is -2.48. The zero-order valence-electron chi connectivity index (χ0n) is 14.8. The molecule has 0 spiro atoms. The molecule has 134 valence electrons. The second-order valence-electron chi connectivity index (χ2n) is 7.08. The standard InChI is InChI=1S/C18H26N6O/c1-12(2)16(19)18(25)20-14-8-10-15(11-9-14)24-22-17(21-23-24)13-6-4-3-5-7-13/h3-7,12,14-16H,8-11,19H2,1-2H3,(H,20,25)/t14?,15?,16-/m0/s1. The van der Waals surface area contributed by atoms with Crippen LogP contribution in [0.1, 0.15) is 45.6 Å². The fourth-order valence-electron chi connectivity index (χ4n) is 3.13. The van der Waals surface area contributed by atoms with Crippen molar-refractivity contribution >= 4 is 5.91 Å². The number of tetrazole rings is 1. The van der Waals surface area contributed by atoms with E-state index in [-0.39, 0.29) is 23.9 Å². The molecule has 1 heterocycles. The quantitative estimate of drug-likeness (QED) is 0.865. The van der Waals surface area contributed by atoms with Crippen molar-refractivity contribution in [1.82, 2.24) is 25.5 Å². The van der Waals surface area contributed by atoms with Crippen molar-refractivity contribution in [3.05, 3.63) is 30.3 Å². The predicted molar refractivity (Wildman–Crippen MR) is 95.5 cm³/mol. The summed E-state index contributed by atoms with van der Waals surface area (Å²) in [7, 11) is 0. The van der Waals surface area contributed by atoms with E-state index in [9.17, 15) is 4.79 Å². The van der Waals surface area contributed by atoms with Crippen LogP contribution in [0.3, 0.4) is 0 Å². The van der Waals surface area contributed by atoms with Crippen LogP contribution in [0.25, 0.3) is 11.4 Å². The Hall–Kier alpha value is -2.28. The first-order valence-corrected chi connectivity index (χ1v) is 8.95. The SMILES string of the molecule is CC(C)[C@H](N)C(=O)NC1CCC(n2nnc(-c3ccccc3)n2)CC1. The number of carbonyl (C=O) groups is 1. The van der Waals surface area contributed by atoms with Gasteiger partial charge in [0.2, 0.25) is 11.7 Å². The first-order valence-electron chi connectivity index (χ1n) is 8.95. The molecule has 0 unspecified atom stereocenters. The van der Waals surface area contributed by atoms with Crippen LogP contribution in [0, 0.1) is 5.92 Å². The van der Waals surface area contributed by atoms with E-state index in [0.717, 1.165) is 31.2 Å². The lowest BCUT2D eigenvalue weighted by molar-refractivity contribution is -0.124. The third-order valence-corrected chi connectivity index (χ3v) is 4.85. The molecule has 7 heteroatoms. The Balaban J connectivity index is 1.54. The predicted octanol–water partition coefficient (Wildman–Crippen LogP) is 1.92. The minimum Gasteiger partial charge on any atom is -0.352 e. The van der Waals surface area contributed by atoms with Gasteiger partial charge in [0.15, 0.2) is 0 Å². The summed E-state index contributed by atoms with van der Waals surface area (Å²) < 4.78 is 0. The molecule has 0 radical (unpaired) electrons. The number of nitrogens with one attached hydrogen (secondary N) is 1. The summed E-state index contributed by atoms with van der Waals surface area (Å²) in [4.78, 5) is 13.8. The van der Waals surface area contributed by atoms with Gasteiger partial charge >= 0.3 is 0 Å². The second kappa shape index (κ2) is 7.74. The maximum Gasteiger partial charge on any atom is 0.237 e. The van der Waals surface area contributed by atoms with Crippen LogP contribution in [-0.2, 0) is 4.79 Å². The second-order valence-corrected chi connectivity index (χ2v) is 7.08. The number of hydrogen-bond acceptors (Lipinski definition) is 5. The molecule has 1 aliphatic carbocycles. The Bertz CT molecular complexity index is 691. The summed E-state index contributed by atoms with van der Waals surface area (Å²) >= 11 is 0. The van der Waals surface area contributed by atoms with Crippen molar-refractivity contribution in [3.63, 3.8) is 0 Å². The van der Waals surface area contributed by atoms with Crippen molar-refractivity contribution in [2.45, 2.75) is 57.7 Å². The molecule has 7 nitrogen and oxygen atoms in total. The highest BCUT2D eigenvalue weighted by atomic mass is 16.2. The van der Waals surface area contributed by atoms with Gasteiger partial charge in [0.25, 0.3) is 0 Å². The molecule has 25 heavy (non-hydrogen) atoms. The number of nitrogens with zero attached hydrogens (tertiary/aromatic N) is 4. The first kappa shape index (κ1) is 17.5. The number of hydrogen-bond donors (Lipinski definition) is 2. The fourth-order valence-corrected chi connectivity index (χ4v) is 3.13. The lowest BCUT2D eigenvalue weighted by Gasteiger charge is -2.29. The van der Waals surface area contributed by atoms with E-state index in [4.69, 9.17) is 5.73 Å². The fraction of sp³-hybridized carbons (Fsp3) is 0.556. The zero-order chi connectivity index (χ0) is 17.8. The minimum atomic E-state index is -0.442. The number of aromatic nitrogens is 4. The summed E-state index contributed by atoms with van der Waals surface area (Å²) in [6.07, 6.45) is 3.66. The van der Waals surface area contributed by atoms with Crippen LogP contribution in [0.5, 0.6) is 0 Å². The van der Waals surface area contributed by atoms with Gasteiger partial charge in [-0.15, -0.1) is 10.2 Å². The summed E-state index contributed by atoms with van der Waals surface area (Å²) in [6, 6.07) is 9.83. The Labute approximate surface area is 148 Å². The summed E-state index contributed by atoms with van der Waals surface area (Å²) in [5.41, 5.74) is 6.88. The molecule has 1 amide bonds. The molecule has 1 saturated carbocycles. The average molecular weight is 342 g/mol. The first-order chi connectivity index (χ1) is 12.0. The van der Waals surface area contributed by atoms with E-state index in [1.54, 1.807) is 4.80 Å². The highest BCUT2D eigenvalue weighted by molar-refractivity contribution is 5.82. The van der Waals surface area contributed by atoms with Crippen LogP contribution >= 0.6 is 0 Å². The van der Waals surface area contributed by atoms with E-state index in [1.165, 1.54) is 0 Å². The molecule has 1 aromatic heterocycles.